The smallest absolute Gasteiger partial charge is 0.273 e. The van der Waals surface area contributed by atoms with E-state index in [2.05, 4.69) is 15.5 Å². The van der Waals surface area contributed by atoms with Crippen LogP contribution in [0, 0.1) is 12.7 Å². The molecule has 0 radical (unpaired) electrons. The van der Waals surface area contributed by atoms with Gasteiger partial charge in [0.1, 0.15) is 11.6 Å². The quantitative estimate of drug-likeness (QED) is 0.691. The zero-order valence-electron chi connectivity index (χ0n) is 15.6. The van der Waals surface area contributed by atoms with Crippen LogP contribution in [0.4, 0.5) is 4.39 Å². The van der Waals surface area contributed by atoms with Crippen LogP contribution in [0.15, 0.2) is 36.4 Å². The molecule has 0 unspecified atom stereocenters. The maximum Gasteiger partial charge on any atom is 0.273 e. The molecule has 2 aromatic carbocycles. The minimum Gasteiger partial charge on any atom is -0.467 e. The maximum atomic E-state index is 13.8. The zero-order chi connectivity index (χ0) is 20.4. The molecule has 0 aliphatic carbocycles. The lowest BCUT2D eigenvalue weighted by Crippen LogP contribution is -2.27. The number of halogens is 2. The van der Waals surface area contributed by atoms with Crippen molar-refractivity contribution in [3.05, 3.63) is 69.8 Å². The number of fused-ring (bicyclic) bond motifs is 1. The van der Waals surface area contributed by atoms with Crippen molar-refractivity contribution >= 4 is 17.5 Å². The van der Waals surface area contributed by atoms with Crippen molar-refractivity contribution in [2.45, 2.75) is 20.0 Å². The highest BCUT2D eigenvalue weighted by atomic mass is 35.5. The highest BCUT2D eigenvalue weighted by molar-refractivity contribution is 6.30. The summed E-state index contributed by atoms with van der Waals surface area (Å²) < 4.78 is 24.5. The lowest BCUT2D eigenvalue weighted by Gasteiger charge is -2.20. The van der Waals surface area contributed by atoms with Gasteiger partial charge in [-0.1, -0.05) is 17.7 Å². The van der Waals surface area contributed by atoms with Gasteiger partial charge in [-0.05, 0) is 49.2 Å². The Kier molecular flexibility index (Phi) is 5.46. The minimum absolute atomic E-state index is 0.129. The third-order valence-electron chi connectivity index (χ3n) is 4.47. The molecule has 7 nitrogen and oxygen atoms in total. The monoisotopic (exact) mass is 416 g/mol. The number of carbonyl (C=O) groups is 1. The molecule has 1 aliphatic heterocycles. The van der Waals surface area contributed by atoms with Crippen molar-refractivity contribution in [1.29, 1.82) is 0 Å². The standard InChI is InChI=1S/C20H18ClFN4O3/c1-12-18(25-26(24-12)17-4-2-3-15(21)9-17)20(27)23-6-5-13-7-16(22)8-14-10-28-11-29-19(13)14/h2-4,7-9H,5-6,10-11H2,1H3,(H,23,27). The van der Waals surface area contributed by atoms with Gasteiger partial charge in [0.25, 0.3) is 5.91 Å². The first kappa shape index (κ1) is 19.4. The van der Waals surface area contributed by atoms with Gasteiger partial charge in [-0.25, -0.2) is 4.39 Å². The lowest BCUT2D eigenvalue weighted by molar-refractivity contribution is -0.0172. The number of aryl methyl sites for hydroxylation is 1. The van der Waals surface area contributed by atoms with Crippen LogP contribution in [0.3, 0.4) is 0 Å². The number of aromatic nitrogens is 3. The van der Waals surface area contributed by atoms with E-state index < -0.39 is 0 Å². The number of benzene rings is 2. The molecule has 1 amide bonds. The van der Waals surface area contributed by atoms with E-state index in [1.807, 2.05) is 0 Å². The Hall–Kier alpha value is -2.97. The molecule has 1 N–H and O–H groups in total. The van der Waals surface area contributed by atoms with Crippen molar-refractivity contribution in [3.63, 3.8) is 0 Å². The van der Waals surface area contributed by atoms with Gasteiger partial charge in [0, 0.05) is 17.1 Å². The Balaban J connectivity index is 1.44. The number of nitrogens with one attached hydrogen (secondary N) is 1. The zero-order valence-corrected chi connectivity index (χ0v) is 16.4. The van der Waals surface area contributed by atoms with Crippen LogP contribution in [-0.2, 0) is 17.8 Å². The second kappa shape index (κ2) is 8.18. The fraction of sp³-hybridized carbons (Fsp3) is 0.250. The molecular formula is C20H18ClFN4O3. The summed E-state index contributed by atoms with van der Waals surface area (Å²) in [6.45, 7) is 2.43. The summed E-state index contributed by atoms with van der Waals surface area (Å²) in [7, 11) is 0. The van der Waals surface area contributed by atoms with Crippen LogP contribution in [0.25, 0.3) is 5.69 Å². The molecular weight excluding hydrogens is 399 g/mol. The van der Waals surface area contributed by atoms with Crippen molar-refractivity contribution in [2.24, 2.45) is 0 Å². The molecule has 0 spiro atoms. The molecule has 9 heteroatoms. The molecule has 1 aliphatic rings. The highest BCUT2D eigenvalue weighted by Gasteiger charge is 2.19. The van der Waals surface area contributed by atoms with Crippen LogP contribution in [0.2, 0.25) is 5.02 Å². The highest BCUT2D eigenvalue weighted by Crippen LogP contribution is 2.29. The first-order valence-corrected chi connectivity index (χ1v) is 9.39. The van der Waals surface area contributed by atoms with Gasteiger partial charge < -0.3 is 14.8 Å². The van der Waals surface area contributed by atoms with Crippen molar-refractivity contribution in [2.75, 3.05) is 13.3 Å². The molecule has 3 aromatic rings. The second-order valence-corrected chi connectivity index (χ2v) is 7.01. The third-order valence-corrected chi connectivity index (χ3v) is 4.70. The van der Waals surface area contributed by atoms with Gasteiger partial charge in [-0.15, -0.1) is 5.10 Å². The summed E-state index contributed by atoms with van der Waals surface area (Å²) in [4.78, 5) is 13.9. The van der Waals surface area contributed by atoms with Crippen LogP contribution in [-0.4, -0.2) is 34.2 Å². The summed E-state index contributed by atoms with van der Waals surface area (Å²) in [6, 6.07) is 9.84. The third kappa shape index (κ3) is 4.23. The topological polar surface area (TPSA) is 78.3 Å². The summed E-state index contributed by atoms with van der Waals surface area (Å²) in [5.74, 6) is -0.0974. The number of rotatable bonds is 5. The second-order valence-electron chi connectivity index (χ2n) is 6.57. The molecule has 1 aromatic heterocycles. The summed E-state index contributed by atoms with van der Waals surface area (Å²) in [6.07, 6.45) is 0.410. The summed E-state index contributed by atoms with van der Waals surface area (Å²) in [5, 5.41) is 11.9. The summed E-state index contributed by atoms with van der Waals surface area (Å²) >= 11 is 6.00. The van der Waals surface area contributed by atoms with Gasteiger partial charge in [0.2, 0.25) is 0 Å². The van der Waals surface area contributed by atoms with E-state index in [1.54, 1.807) is 31.2 Å². The SMILES string of the molecule is Cc1nn(-c2cccc(Cl)c2)nc1C(=O)NCCc1cc(F)cc2c1OCOC2. The normalized spacial score (nSPS) is 12.9. The molecule has 150 valence electrons. The number of nitrogens with zero attached hydrogens (tertiary/aromatic N) is 3. The number of amides is 1. The Bertz CT molecular complexity index is 1070. The maximum absolute atomic E-state index is 13.8. The predicted molar refractivity (Wildman–Crippen MR) is 104 cm³/mol. The first-order chi connectivity index (χ1) is 14.0. The molecule has 0 saturated carbocycles. The van der Waals surface area contributed by atoms with Gasteiger partial charge in [-0.2, -0.15) is 9.90 Å². The number of hydrogen-bond acceptors (Lipinski definition) is 5. The Morgan fingerprint density at radius 3 is 3.00 bits per heavy atom. The molecule has 0 atom stereocenters. The van der Waals surface area contributed by atoms with Gasteiger partial charge >= 0.3 is 0 Å². The van der Waals surface area contributed by atoms with Gasteiger partial charge in [0.15, 0.2) is 12.5 Å². The van der Waals surface area contributed by atoms with E-state index in [-0.39, 0.29) is 24.2 Å². The minimum atomic E-state index is -0.362. The molecule has 4 rings (SSSR count). The molecule has 0 saturated heterocycles. The van der Waals surface area contributed by atoms with E-state index >= 15 is 0 Å². The van der Waals surface area contributed by atoms with Crippen molar-refractivity contribution in [1.82, 2.24) is 20.3 Å². The van der Waals surface area contributed by atoms with Crippen LogP contribution in [0.5, 0.6) is 5.75 Å². The van der Waals surface area contributed by atoms with E-state index in [9.17, 15) is 9.18 Å². The number of carbonyl (C=O) groups excluding carboxylic acids is 1. The molecule has 29 heavy (non-hydrogen) atoms. The van der Waals surface area contributed by atoms with Crippen LogP contribution in [0.1, 0.15) is 27.3 Å². The number of hydrogen-bond donors (Lipinski definition) is 1. The predicted octanol–water partition coefficient (Wildman–Crippen LogP) is 3.21. The van der Waals surface area contributed by atoms with E-state index in [0.29, 0.717) is 52.9 Å². The Morgan fingerprint density at radius 2 is 2.17 bits per heavy atom. The fourth-order valence-electron chi connectivity index (χ4n) is 3.14. The van der Waals surface area contributed by atoms with Crippen molar-refractivity contribution in [3.8, 4) is 11.4 Å². The van der Waals surface area contributed by atoms with Gasteiger partial charge in [-0.3, -0.25) is 4.79 Å². The van der Waals surface area contributed by atoms with Crippen LogP contribution >= 0.6 is 11.6 Å². The molecule has 0 bridgehead atoms. The Labute approximate surface area is 171 Å². The van der Waals surface area contributed by atoms with Gasteiger partial charge in [0.05, 0.1) is 18.0 Å². The largest absolute Gasteiger partial charge is 0.467 e. The number of ether oxygens (including phenoxy) is 2. The Morgan fingerprint density at radius 1 is 1.31 bits per heavy atom. The average molecular weight is 417 g/mol. The fourth-order valence-corrected chi connectivity index (χ4v) is 3.33. The van der Waals surface area contributed by atoms with Crippen LogP contribution < -0.4 is 10.1 Å². The van der Waals surface area contributed by atoms with E-state index in [1.165, 1.54) is 16.9 Å². The molecule has 0 fully saturated rings. The summed E-state index contributed by atoms with van der Waals surface area (Å²) in [5.41, 5.74) is 2.72. The average Bonchev–Trinajstić information content (AvgIpc) is 3.09. The first-order valence-electron chi connectivity index (χ1n) is 9.01. The van der Waals surface area contributed by atoms with Crippen molar-refractivity contribution < 1.29 is 18.7 Å². The molecule has 2 heterocycles. The van der Waals surface area contributed by atoms with E-state index in [0.717, 1.165) is 0 Å². The van der Waals surface area contributed by atoms with E-state index in [4.69, 9.17) is 21.1 Å². The lowest BCUT2D eigenvalue weighted by atomic mass is 10.1.